The molecule has 1 unspecified atom stereocenters. The number of nitrogens with zero attached hydrogens (tertiary/aromatic N) is 1. The van der Waals surface area contributed by atoms with E-state index in [4.69, 9.17) is 9.47 Å². The summed E-state index contributed by atoms with van der Waals surface area (Å²) >= 11 is 0. The Morgan fingerprint density at radius 1 is 1.20 bits per heavy atom. The number of carbonyl (C=O) groups excluding carboxylic acids is 1. The smallest absolute Gasteiger partial charge is 0.231 e. The highest BCUT2D eigenvalue weighted by Crippen LogP contribution is 2.43. The van der Waals surface area contributed by atoms with Crippen molar-refractivity contribution in [1.82, 2.24) is 4.90 Å². The van der Waals surface area contributed by atoms with Gasteiger partial charge in [-0.1, -0.05) is 12.1 Å². The number of allylic oxidation sites excluding steroid dienone is 1. The highest BCUT2D eigenvalue weighted by Gasteiger charge is 2.37. The average molecular weight is 429 g/mol. The van der Waals surface area contributed by atoms with E-state index in [2.05, 4.69) is 0 Å². The number of fused-ring (bicyclic) bond motifs is 2. The summed E-state index contributed by atoms with van der Waals surface area (Å²) in [6.07, 6.45) is 2.19. The summed E-state index contributed by atoms with van der Waals surface area (Å²) in [5, 5.41) is 0. The topological polar surface area (TPSA) is 72.9 Å². The van der Waals surface area contributed by atoms with Crippen molar-refractivity contribution >= 4 is 21.7 Å². The van der Waals surface area contributed by atoms with E-state index >= 15 is 0 Å². The molecule has 5 rings (SSSR count). The van der Waals surface area contributed by atoms with Crippen molar-refractivity contribution in [2.45, 2.75) is 25.9 Å². The molecule has 0 bridgehead atoms. The number of carbonyl (C=O) groups is 1. The number of benzene rings is 2. The Hall–Kier alpha value is -2.71. The van der Waals surface area contributed by atoms with Crippen LogP contribution in [0.3, 0.4) is 0 Å². The summed E-state index contributed by atoms with van der Waals surface area (Å²) in [6.45, 7) is 2.68. The fourth-order valence-electron chi connectivity index (χ4n) is 4.27. The molecule has 0 amide bonds. The van der Waals surface area contributed by atoms with E-state index in [1.54, 1.807) is 24.3 Å². The van der Waals surface area contributed by atoms with Crippen LogP contribution in [-0.2, 0) is 16.4 Å². The first-order chi connectivity index (χ1) is 14.3. The van der Waals surface area contributed by atoms with Gasteiger partial charge in [-0.05, 0) is 43.2 Å². The van der Waals surface area contributed by atoms with Crippen molar-refractivity contribution < 1.29 is 27.1 Å². The van der Waals surface area contributed by atoms with Gasteiger partial charge in [-0.3, -0.25) is 9.69 Å². The van der Waals surface area contributed by atoms with Gasteiger partial charge in [0.2, 0.25) is 5.78 Å². The second kappa shape index (κ2) is 6.92. The molecule has 0 aliphatic carbocycles. The Balaban J connectivity index is 1.44. The molecule has 0 N–H and O–H groups in total. The first-order valence-corrected chi connectivity index (χ1v) is 11.6. The number of hydrogen-bond donors (Lipinski definition) is 0. The molecule has 2 aromatic rings. The standard InChI is InChI=1S/C22H20FNO5S/c1-13-21-15(10-24(12-28-21)17-6-7-30(26,27)11-17)9-18-20(25)19(29-22(13)18)8-14-2-4-16(23)5-3-14/h2-5,8-9,17H,6-7,10-12H2,1H3. The normalized spacial score (nSPS) is 23.7. The lowest BCUT2D eigenvalue weighted by Gasteiger charge is -2.33. The molecule has 3 heterocycles. The minimum Gasteiger partial charge on any atom is -0.477 e. The molecule has 8 heteroatoms. The third-order valence-corrected chi connectivity index (χ3v) is 7.61. The molecule has 1 saturated heterocycles. The summed E-state index contributed by atoms with van der Waals surface area (Å²) in [4.78, 5) is 14.9. The zero-order chi connectivity index (χ0) is 21.0. The molecule has 3 aliphatic heterocycles. The second-order valence-electron chi connectivity index (χ2n) is 7.93. The number of sulfone groups is 1. The van der Waals surface area contributed by atoms with E-state index < -0.39 is 9.84 Å². The summed E-state index contributed by atoms with van der Waals surface area (Å²) < 4.78 is 48.6. The predicted molar refractivity (Wildman–Crippen MR) is 109 cm³/mol. The van der Waals surface area contributed by atoms with E-state index in [1.807, 2.05) is 11.8 Å². The van der Waals surface area contributed by atoms with E-state index in [1.165, 1.54) is 12.1 Å². The van der Waals surface area contributed by atoms with Crippen LogP contribution < -0.4 is 9.47 Å². The largest absolute Gasteiger partial charge is 0.477 e. The molecule has 0 aromatic heterocycles. The molecular weight excluding hydrogens is 409 g/mol. The molecule has 1 fully saturated rings. The Labute approximate surface area is 173 Å². The van der Waals surface area contributed by atoms with E-state index in [-0.39, 0.29) is 34.9 Å². The maximum Gasteiger partial charge on any atom is 0.231 e. The van der Waals surface area contributed by atoms with Crippen LogP contribution >= 0.6 is 0 Å². The summed E-state index contributed by atoms with van der Waals surface area (Å²) in [5.74, 6) is 1.10. The molecule has 0 radical (unpaired) electrons. The Morgan fingerprint density at radius 3 is 2.67 bits per heavy atom. The fourth-order valence-corrected chi connectivity index (χ4v) is 6.04. The lowest BCUT2D eigenvalue weighted by molar-refractivity contribution is 0.0637. The first-order valence-electron chi connectivity index (χ1n) is 9.74. The Bertz CT molecular complexity index is 1190. The zero-order valence-corrected chi connectivity index (χ0v) is 17.2. The van der Waals surface area contributed by atoms with Gasteiger partial charge in [0, 0.05) is 23.7 Å². The second-order valence-corrected chi connectivity index (χ2v) is 10.2. The SMILES string of the molecule is Cc1c2c(cc3c1OC(=Cc1ccc(F)cc1)C3=O)CN(C1CCS(=O)(=O)C1)CO2. The Kier molecular flexibility index (Phi) is 4.44. The average Bonchev–Trinajstić information content (AvgIpc) is 3.23. The van der Waals surface area contributed by atoms with Crippen molar-refractivity contribution in [3.8, 4) is 11.5 Å². The first kappa shape index (κ1) is 19.3. The molecule has 0 saturated carbocycles. The van der Waals surface area contributed by atoms with Gasteiger partial charge in [-0.2, -0.15) is 0 Å². The van der Waals surface area contributed by atoms with Crippen molar-refractivity contribution in [1.29, 1.82) is 0 Å². The van der Waals surface area contributed by atoms with Crippen molar-refractivity contribution in [2.75, 3.05) is 18.2 Å². The maximum atomic E-state index is 13.1. The minimum atomic E-state index is -2.99. The van der Waals surface area contributed by atoms with Gasteiger partial charge in [-0.15, -0.1) is 0 Å². The number of halogens is 1. The van der Waals surface area contributed by atoms with Gasteiger partial charge in [0.1, 0.15) is 24.0 Å². The van der Waals surface area contributed by atoms with Crippen LogP contribution in [0, 0.1) is 12.7 Å². The van der Waals surface area contributed by atoms with Crippen LogP contribution in [0.4, 0.5) is 4.39 Å². The molecular formula is C22H20FNO5S. The summed E-state index contributed by atoms with van der Waals surface area (Å²) in [7, 11) is -2.99. The van der Waals surface area contributed by atoms with Crippen LogP contribution in [0.2, 0.25) is 0 Å². The van der Waals surface area contributed by atoms with E-state index in [0.717, 1.165) is 11.1 Å². The third-order valence-electron chi connectivity index (χ3n) is 5.86. The number of rotatable bonds is 2. The van der Waals surface area contributed by atoms with Gasteiger partial charge >= 0.3 is 0 Å². The number of ketones is 1. The molecule has 6 nitrogen and oxygen atoms in total. The van der Waals surface area contributed by atoms with Crippen LogP contribution in [0.15, 0.2) is 36.1 Å². The van der Waals surface area contributed by atoms with Crippen molar-refractivity contribution in [2.24, 2.45) is 0 Å². The van der Waals surface area contributed by atoms with Crippen LogP contribution in [-0.4, -0.2) is 43.4 Å². The maximum absolute atomic E-state index is 13.1. The molecule has 3 aliphatic rings. The summed E-state index contributed by atoms with van der Waals surface area (Å²) in [5.41, 5.74) is 2.72. The van der Waals surface area contributed by atoms with Crippen LogP contribution in [0.25, 0.3) is 6.08 Å². The lowest BCUT2D eigenvalue weighted by Crippen LogP contribution is -2.41. The monoisotopic (exact) mass is 429 g/mol. The highest BCUT2D eigenvalue weighted by atomic mass is 32.2. The Morgan fingerprint density at radius 2 is 1.97 bits per heavy atom. The van der Waals surface area contributed by atoms with Gasteiger partial charge in [0.25, 0.3) is 0 Å². The predicted octanol–water partition coefficient (Wildman–Crippen LogP) is 3.09. The van der Waals surface area contributed by atoms with Crippen molar-refractivity contribution in [3.05, 3.63) is 64.2 Å². The minimum absolute atomic E-state index is 0.0717. The van der Waals surface area contributed by atoms with Crippen LogP contribution in [0.5, 0.6) is 11.5 Å². The highest BCUT2D eigenvalue weighted by molar-refractivity contribution is 7.91. The van der Waals surface area contributed by atoms with Crippen molar-refractivity contribution in [3.63, 3.8) is 0 Å². The quantitative estimate of drug-likeness (QED) is 0.684. The zero-order valence-electron chi connectivity index (χ0n) is 16.4. The number of Topliss-reactive ketones (excluding diaryl/α,β-unsaturated/α-hetero) is 1. The lowest BCUT2D eigenvalue weighted by atomic mass is 9.99. The van der Waals surface area contributed by atoms with Crippen LogP contribution in [0.1, 0.15) is 33.5 Å². The number of hydrogen-bond acceptors (Lipinski definition) is 6. The molecule has 30 heavy (non-hydrogen) atoms. The molecule has 156 valence electrons. The molecule has 2 aromatic carbocycles. The molecule has 0 spiro atoms. The van der Waals surface area contributed by atoms with Gasteiger partial charge in [0.15, 0.2) is 15.6 Å². The van der Waals surface area contributed by atoms with Gasteiger partial charge in [0.05, 0.1) is 17.1 Å². The van der Waals surface area contributed by atoms with Gasteiger partial charge < -0.3 is 9.47 Å². The third kappa shape index (κ3) is 3.30. The van der Waals surface area contributed by atoms with Gasteiger partial charge in [-0.25, -0.2) is 12.8 Å². The number of ether oxygens (including phenoxy) is 2. The molecule has 1 atom stereocenters. The summed E-state index contributed by atoms with van der Waals surface area (Å²) in [6, 6.07) is 7.52. The van der Waals surface area contributed by atoms with E-state index in [0.29, 0.717) is 42.3 Å². The van der Waals surface area contributed by atoms with E-state index in [9.17, 15) is 17.6 Å². The fraction of sp³-hybridized carbons (Fsp3) is 0.318.